The van der Waals surface area contributed by atoms with Crippen molar-refractivity contribution in [1.29, 1.82) is 0 Å². The van der Waals surface area contributed by atoms with Crippen molar-refractivity contribution in [1.82, 2.24) is 4.90 Å². The molecule has 0 aliphatic carbocycles. The number of ether oxygens (including phenoxy) is 3. The normalized spacial score (nSPS) is 27.1. The molecule has 2 aliphatic heterocycles. The first-order chi connectivity index (χ1) is 16.5. The predicted molar refractivity (Wildman–Crippen MR) is 143 cm³/mol. The summed E-state index contributed by atoms with van der Waals surface area (Å²) in [4.78, 5) is 2.52. The van der Waals surface area contributed by atoms with E-state index in [4.69, 9.17) is 18.6 Å². The lowest BCUT2D eigenvalue weighted by molar-refractivity contribution is -0.217. The van der Waals surface area contributed by atoms with Crippen LogP contribution in [0.25, 0.3) is 0 Å². The summed E-state index contributed by atoms with van der Waals surface area (Å²) in [5.74, 6) is -0.574. The van der Waals surface area contributed by atoms with Crippen LogP contribution in [0.5, 0.6) is 0 Å². The molecule has 0 unspecified atom stereocenters. The second-order valence-electron chi connectivity index (χ2n) is 11.9. The minimum absolute atomic E-state index is 0.00573. The smallest absolute Gasteiger partial charge is 0.192 e. The van der Waals surface area contributed by atoms with Gasteiger partial charge in [0, 0.05) is 6.54 Å². The van der Waals surface area contributed by atoms with Crippen LogP contribution in [0.1, 0.15) is 45.7 Å². The van der Waals surface area contributed by atoms with Gasteiger partial charge in [-0.1, -0.05) is 81.4 Å². The van der Waals surface area contributed by atoms with Crippen LogP contribution in [0.2, 0.25) is 18.1 Å². The van der Waals surface area contributed by atoms with Crippen LogP contribution in [0.4, 0.5) is 0 Å². The van der Waals surface area contributed by atoms with Gasteiger partial charge in [0.25, 0.3) is 0 Å². The number of benzene rings is 2. The molecule has 5 nitrogen and oxygen atoms in total. The van der Waals surface area contributed by atoms with Gasteiger partial charge in [0.15, 0.2) is 14.1 Å². The van der Waals surface area contributed by atoms with Crippen molar-refractivity contribution in [3.8, 4) is 0 Å². The van der Waals surface area contributed by atoms with Gasteiger partial charge in [-0.3, -0.25) is 4.90 Å². The molecule has 2 heterocycles. The third-order valence-corrected chi connectivity index (χ3v) is 12.4. The Bertz CT molecular complexity index is 944. The summed E-state index contributed by atoms with van der Waals surface area (Å²) in [6.45, 7) is 18.1. The summed E-state index contributed by atoms with van der Waals surface area (Å²) in [6.07, 6.45) is -0.0372. The monoisotopic (exact) mass is 497 g/mol. The standard InChI is InChI=1S/C29H43NO4Si/c1-28(2,3)35(6,7)33-20-24-27(31-19-23-16-12-9-13-17-23)26(25-21-32-29(4,5)34-25)30(24)18-22-14-10-8-11-15-22/h8-17,24-27H,18-21H2,1-7H3/t24-,25-,26+,27+/m1/s1. The van der Waals surface area contributed by atoms with Gasteiger partial charge in [-0.25, -0.2) is 0 Å². The van der Waals surface area contributed by atoms with E-state index in [2.05, 4.69) is 93.4 Å². The summed E-state index contributed by atoms with van der Waals surface area (Å²) in [6, 6.07) is 21.3. The quantitative estimate of drug-likeness (QED) is 0.398. The average Bonchev–Trinajstić information content (AvgIpc) is 3.15. The van der Waals surface area contributed by atoms with Gasteiger partial charge < -0.3 is 18.6 Å². The zero-order chi connectivity index (χ0) is 25.3. The highest BCUT2D eigenvalue weighted by atomic mass is 28.4. The van der Waals surface area contributed by atoms with E-state index < -0.39 is 14.1 Å². The number of hydrogen-bond donors (Lipinski definition) is 0. The predicted octanol–water partition coefficient (Wildman–Crippen LogP) is 6.00. The molecule has 0 spiro atoms. The van der Waals surface area contributed by atoms with Crippen molar-refractivity contribution in [3.05, 3.63) is 71.8 Å². The average molecular weight is 498 g/mol. The summed E-state index contributed by atoms with van der Waals surface area (Å²) in [5.41, 5.74) is 2.47. The van der Waals surface area contributed by atoms with Gasteiger partial charge in [0.05, 0.1) is 38.0 Å². The Morgan fingerprint density at radius 3 is 2.11 bits per heavy atom. The molecule has 2 fully saturated rings. The Morgan fingerprint density at radius 2 is 1.57 bits per heavy atom. The largest absolute Gasteiger partial charge is 0.415 e. The van der Waals surface area contributed by atoms with E-state index >= 15 is 0 Å². The number of likely N-dealkylation sites (tertiary alicyclic amines) is 1. The van der Waals surface area contributed by atoms with Crippen molar-refractivity contribution in [2.24, 2.45) is 0 Å². The van der Waals surface area contributed by atoms with Crippen LogP contribution >= 0.6 is 0 Å². The molecule has 2 saturated heterocycles. The Labute approximate surface area is 212 Å². The van der Waals surface area contributed by atoms with Crippen molar-refractivity contribution in [2.75, 3.05) is 13.2 Å². The van der Waals surface area contributed by atoms with Crippen LogP contribution in [0.3, 0.4) is 0 Å². The first kappa shape index (κ1) is 26.5. The molecule has 0 amide bonds. The summed E-state index contributed by atoms with van der Waals surface area (Å²) in [5, 5.41) is 0.160. The summed E-state index contributed by atoms with van der Waals surface area (Å²) < 4.78 is 25.8. The fourth-order valence-electron chi connectivity index (χ4n) is 4.73. The fourth-order valence-corrected chi connectivity index (χ4v) is 5.75. The summed E-state index contributed by atoms with van der Waals surface area (Å²) >= 11 is 0. The molecular weight excluding hydrogens is 454 g/mol. The zero-order valence-electron chi connectivity index (χ0n) is 22.5. The van der Waals surface area contributed by atoms with E-state index in [0.29, 0.717) is 19.8 Å². The Hall–Kier alpha value is -1.54. The lowest BCUT2D eigenvalue weighted by atomic mass is 9.84. The first-order valence-electron chi connectivity index (χ1n) is 12.9. The van der Waals surface area contributed by atoms with Crippen LogP contribution in [0.15, 0.2) is 60.7 Å². The molecule has 0 N–H and O–H groups in total. The van der Waals surface area contributed by atoms with Gasteiger partial charge in [-0.15, -0.1) is 0 Å². The molecule has 6 heteroatoms. The maximum absolute atomic E-state index is 6.75. The van der Waals surface area contributed by atoms with Gasteiger partial charge in [0.1, 0.15) is 6.10 Å². The molecule has 0 saturated carbocycles. The van der Waals surface area contributed by atoms with E-state index in [-0.39, 0.29) is 29.3 Å². The molecular formula is C29H43NO4Si. The van der Waals surface area contributed by atoms with Crippen LogP contribution in [-0.2, 0) is 31.8 Å². The molecule has 0 radical (unpaired) electrons. The summed E-state index contributed by atoms with van der Waals surface area (Å²) in [7, 11) is -1.90. The fraction of sp³-hybridized carbons (Fsp3) is 0.586. The van der Waals surface area contributed by atoms with E-state index in [9.17, 15) is 0 Å². The van der Waals surface area contributed by atoms with Crippen LogP contribution in [-0.4, -0.2) is 56.5 Å². The molecule has 4 rings (SSSR count). The molecule has 35 heavy (non-hydrogen) atoms. The van der Waals surface area contributed by atoms with E-state index in [0.717, 1.165) is 6.54 Å². The highest BCUT2D eigenvalue weighted by Gasteiger charge is 2.56. The van der Waals surface area contributed by atoms with Gasteiger partial charge in [0.2, 0.25) is 0 Å². The molecule has 0 bridgehead atoms. The number of hydrogen-bond acceptors (Lipinski definition) is 5. The zero-order valence-corrected chi connectivity index (χ0v) is 23.5. The van der Waals surface area contributed by atoms with E-state index in [1.807, 2.05) is 19.9 Å². The molecule has 2 aromatic rings. The number of nitrogens with zero attached hydrogens (tertiary/aromatic N) is 1. The topological polar surface area (TPSA) is 40.2 Å². The highest BCUT2D eigenvalue weighted by Crippen LogP contribution is 2.41. The van der Waals surface area contributed by atoms with Gasteiger partial charge in [-0.05, 0) is 43.1 Å². The van der Waals surface area contributed by atoms with Crippen molar-refractivity contribution < 1.29 is 18.6 Å². The molecule has 0 aromatic heterocycles. The maximum Gasteiger partial charge on any atom is 0.192 e. The minimum atomic E-state index is -1.90. The minimum Gasteiger partial charge on any atom is -0.415 e. The molecule has 4 atom stereocenters. The second kappa shape index (κ2) is 10.4. The Balaban J connectivity index is 1.58. The lowest BCUT2D eigenvalue weighted by Gasteiger charge is -2.57. The van der Waals surface area contributed by atoms with E-state index in [1.165, 1.54) is 11.1 Å². The van der Waals surface area contributed by atoms with Crippen molar-refractivity contribution in [2.45, 2.75) is 96.0 Å². The maximum atomic E-state index is 6.75. The first-order valence-corrected chi connectivity index (χ1v) is 15.8. The van der Waals surface area contributed by atoms with Crippen LogP contribution < -0.4 is 0 Å². The highest BCUT2D eigenvalue weighted by molar-refractivity contribution is 6.74. The van der Waals surface area contributed by atoms with Crippen LogP contribution in [0, 0.1) is 0 Å². The van der Waals surface area contributed by atoms with Gasteiger partial charge in [-0.2, -0.15) is 0 Å². The number of rotatable bonds is 9. The third-order valence-electron chi connectivity index (χ3n) is 7.85. The van der Waals surface area contributed by atoms with Gasteiger partial charge >= 0.3 is 0 Å². The Kier molecular flexibility index (Phi) is 7.91. The molecule has 2 aliphatic rings. The lowest BCUT2D eigenvalue weighted by Crippen LogP contribution is -2.73. The van der Waals surface area contributed by atoms with Crippen molar-refractivity contribution >= 4 is 8.32 Å². The Morgan fingerprint density at radius 1 is 0.971 bits per heavy atom. The SMILES string of the molecule is CC1(C)OC[C@H]([C@H]2[C@@H](OCc3ccccc3)[C@@H](CO[Si](C)(C)C(C)(C)C)N2Cc2ccccc2)O1. The molecule has 2 aromatic carbocycles. The second-order valence-corrected chi connectivity index (χ2v) is 16.7. The third kappa shape index (κ3) is 6.24. The molecule has 192 valence electrons. The van der Waals surface area contributed by atoms with Crippen molar-refractivity contribution in [3.63, 3.8) is 0 Å². The van der Waals surface area contributed by atoms with E-state index in [1.54, 1.807) is 0 Å².